The molecule has 0 unspecified atom stereocenters. The van der Waals surface area contributed by atoms with Crippen LogP contribution in [-0.2, 0) is 0 Å². The van der Waals surface area contributed by atoms with Gasteiger partial charge in [0.25, 0.3) is 0 Å². The van der Waals surface area contributed by atoms with Crippen molar-refractivity contribution < 1.29 is 13.2 Å². The third-order valence-electron chi connectivity index (χ3n) is 2.19. The summed E-state index contributed by atoms with van der Waals surface area (Å²) in [5.41, 5.74) is 0. The van der Waals surface area contributed by atoms with Crippen LogP contribution in [0.3, 0.4) is 0 Å². The highest BCUT2D eigenvalue weighted by Crippen LogP contribution is 2.15. The second kappa shape index (κ2) is 11.4. The van der Waals surface area contributed by atoms with Crippen molar-refractivity contribution in [2.75, 3.05) is 33.2 Å². The van der Waals surface area contributed by atoms with Crippen molar-refractivity contribution in [2.45, 2.75) is 39.4 Å². The summed E-state index contributed by atoms with van der Waals surface area (Å²) in [6.07, 6.45) is -3.53. The van der Waals surface area contributed by atoms with Crippen LogP contribution in [0.25, 0.3) is 0 Å². The highest BCUT2D eigenvalue weighted by molar-refractivity contribution is 14.0. The third kappa shape index (κ3) is 14.2. The SMILES string of the molecule is CCNC(=NCCCN(C)CC(F)(F)F)NC(C)C.I. The average Bonchev–Trinajstić information content (AvgIpc) is 2.21. The van der Waals surface area contributed by atoms with Crippen LogP contribution in [-0.4, -0.2) is 56.3 Å². The molecule has 0 heterocycles. The predicted molar refractivity (Wildman–Crippen MR) is 87.8 cm³/mol. The Hall–Kier alpha value is -0.250. The number of rotatable bonds is 7. The van der Waals surface area contributed by atoms with E-state index in [-0.39, 0.29) is 30.0 Å². The lowest BCUT2D eigenvalue weighted by molar-refractivity contribution is -0.143. The molecule has 8 heteroatoms. The van der Waals surface area contributed by atoms with Crippen LogP contribution >= 0.6 is 24.0 Å². The molecule has 0 amide bonds. The highest BCUT2D eigenvalue weighted by atomic mass is 127. The van der Waals surface area contributed by atoms with Crippen LogP contribution in [0.15, 0.2) is 4.99 Å². The van der Waals surface area contributed by atoms with Crippen LogP contribution in [0.5, 0.6) is 0 Å². The van der Waals surface area contributed by atoms with Crippen molar-refractivity contribution in [3.05, 3.63) is 0 Å². The standard InChI is InChI=1S/C12H25F3N4.HI/c1-5-16-11(18-10(2)3)17-7-6-8-19(4)9-12(13,14)15;/h10H,5-9H2,1-4H3,(H2,16,17,18);1H. The van der Waals surface area contributed by atoms with Crippen LogP contribution in [0, 0.1) is 0 Å². The lowest BCUT2D eigenvalue weighted by atomic mass is 10.4. The molecule has 20 heavy (non-hydrogen) atoms. The van der Waals surface area contributed by atoms with Crippen molar-refractivity contribution >= 4 is 29.9 Å². The van der Waals surface area contributed by atoms with Gasteiger partial charge in [-0.15, -0.1) is 24.0 Å². The number of guanidine groups is 1. The van der Waals surface area contributed by atoms with E-state index in [4.69, 9.17) is 0 Å². The lowest BCUT2D eigenvalue weighted by Crippen LogP contribution is -2.41. The van der Waals surface area contributed by atoms with Gasteiger partial charge >= 0.3 is 6.18 Å². The zero-order chi connectivity index (χ0) is 14.9. The normalized spacial score (nSPS) is 12.6. The second-order valence-corrected chi connectivity index (χ2v) is 4.77. The second-order valence-electron chi connectivity index (χ2n) is 4.77. The molecule has 122 valence electrons. The zero-order valence-corrected chi connectivity index (χ0v) is 14.9. The molecule has 0 fully saturated rings. The molecule has 0 saturated carbocycles. The van der Waals surface area contributed by atoms with Gasteiger partial charge in [0.05, 0.1) is 6.54 Å². The van der Waals surface area contributed by atoms with Gasteiger partial charge < -0.3 is 10.6 Å². The minimum atomic E-state index is -4.13. The Balaban J connectivity index is 0. The maximum Gasteiger partial charge on any atom is 0.401 e. The van der Waals surface area contributed by atoms with Crippen molar-refractivity contribution in [2.24, 2.45) is 4.99 Å². The number of hydrogen-bond acceptors (Lipinski definition) is 2. The van der Waals surface area contributed by atoms with Crippen molar-refractivity contribution in [1.82, 2.24) is 15.5 Å². The number of aliphatic imine (C=N–C) groups is 1. The maximum absolute atomic E-state index is 12.1. The summed E-state index contributed by atoms with van der Waals surface area (Å²) in [4.78, 5) is 5.57. The molecule has 0 saturated heterocycles. The monoisotopic (exact) mass is 410 g/mol. The molecule has 0 aromatic heterocycles. The summed E-state index contributed by atoms with van der Waals surface area (Å²) in [6.45, 7) is 6.74. The predicted octanol–water partition coefficient (Wildman–Crippen LogP) is 2.45. The zero-order valence-electron chi connectivity index (χ0n) is 12.5. The van der Waals surface area contributed by atoms with Gasteiger partial charge in [-0.25, -0.2) is 0 Å². The Morgan fingerprint density at radius 2 is 1.90 bits per heavy atom. The molecule has 0 aromatic carbocycles. The molecule has 0 atom stereocenters. The Morgan fingerprint density at radius 1 is 1.30 bits per heavy atom. The maximum atomic E-state index is 12.1. The van der Waals surface area contributed by atoms with Crippen LogP contribution in [0.2, 0.25) is 0 Å². The Kier molecular flexibility index (Phi) is 12.6. The van der Waals surface area contributed by atoms with Gasteiger partial charge in [0.15, 0.2) is 5.96 Å². The molecule has 0 aliphatic carbocycles. The molecular weight excluding hydrogens is 384 g/mol. The molecule has 0 aliphatic heterocycles. The van der Waals surface area contributed by atoms with E-state index < -0.39 is 12.7 Å². The van der Waals surface area contributed by atoms with Gasteiger partial charge in [-0.05, 0) is 40.8 Å². The molecule has 0 radical (unpaired) electrons. The molecule has 0 aliphatic rings. The van der Waals surface area contributed by atoms with Crippen LogP contribution < -0.4 is 10.6 Å². The molecule has 0 bridgehead atoms. The average molecular weight is 410 g/mol. The molecule has 4 nitrogen and oxygen atoms in total. The minimum Gasteiger partial charge on any atom is -0.357 e. The highest BCUT2D eigenvalue weighted by Gasteiger charge is 2.28. The number of nitrogens with one attached hydrogen (secondary N) is 2. The van der Waals surface area contributed by atoms with Crippen molar-refractivity contribution in [3.8, 4) is 0 Å². The van der Waals surface area contributed by atoms with E-state index in [1.165, 1.54) is 11.9 Å². The Labute approximate surface area is 136 Å². The molecular formula is C12H26F3IN4. The fourth-order valence-electron chi connectivity index (χ4n) is 1.51. The largest absolute Gasteiger partial charge is 0.401 e. The van der Waals surface area contributed by atoms with Gasteiger partial charge in [-0.2, -0.15) is 13.2 Å². The lowest BCUT2D eigenvalue weighted by Gasteiger charge is -2.18. The van der Waals surface area contributed by atoms with Gasteiger partial charge in [-0.1, -0.05) is 0 Å². The molecule has 0 rings (SSSR count). The Morgan fingerprint density at radius 3 is 2.35 bits per heavy atom. The van der Waals surface area contributed by atoms with E-state index >= 15 is 0 Å². The first kappa shape index (κ1) is 22.0. The van der Waals surface area contributed by atoms with E-state index in [0.29, 0.717) is 25.5 Å². The summed E-state index contributed by atoms with van der Waals surface area (Å²) in [7, 11) is 1.47. The van der Waals surface area contributed by atoms with Crippen LogP contribution in [0.1, 0.15) is 27.2 Å². The van der Waals surface area contributed by atoms with Crippen LogP contribution in [0.4, 0.5) is 13.2 Å². The first-order valence-corrected chi connectivity index (χ1v) is 6.54. The smallest absolute Gasteiger partial charge is 0.357 e. The summed E-state index contributed by atoms with van der Waals surface area (Å²) in [5, 5.41) is 6.24. The van der Waals surface area contributed by atoms with Crippen molar-refractivity contribution in [3.63, 3.8) is 0 Å². The number of alkyl halides is 3. The number of hydrogen-bond donors (Lipinski definition) is 2. The summed E-state index contributed by atoms with van der Waals surface area (Å²) in [5.74, 6) is 0.705. The summed E-state index contributed by atoms with van der Waals surface area (Å²) >= 11 is 0. The van der Waals surface area contributed by atoms with Gasteiger partial charge in [0.2, 0.25) is 0 Å². The van der Waals surface area contributed by atoms with E-state index in [9.17, 15) is 13.2 Å². The first-order valence-electron chi connectivity index (χ1n) is 6.54. The summed E-state index contributed by atoms with van der Waals surface area (Å²) < 4.78 is 36.3. The van der Waals surface area contributed by atoms with E-state index in [1.54, 1.807) is 0 Å². The Bertz CT molecular complexity index is 270. The fourth-order valence-corrected chi connectivity index (χ4v) is 1.51. The van der Waals surface area contributed by atoms with Crippen molar-refractivity contribution in [1.29, 1.82) is 0 Å². The summed E-state index contributed by atoms with van der Waals surface area (Å²) in [6, 6.07) is 0.269. The van der Waals surface area contributed by atoms with E-state index in [0.717, 1.165) is 6.54 Å². The fraction of sp³-hybridized carbons (Fsp3) is 0.917. The van der Waals surface area contributed by atoms with Gasteiger partial charge in [-0.3, -0.25) is 9.89 Å². The minimum absolute atomic E-state index is 0. The van der Waals surface area contributed by atoms with Gasteiger partial charge in [0.1, 0.15) is 0 Å². The molecule has 2 N–H and O–H groups in total. The number of nitrogens with zero attached hydrogens (tertiary/aromatic N) is 2. The van der Waals surface area contributed by atoms with E-state index in [1.807, 2.05) is 20.8 Å². The third-order valence-corrected chi connectivity index (χ3v) is 2.19. The quantitative estimate of drug-likeness (QED) is 0.293. The number of halogens is 4. The first-order chi connectivity index (χ1) is 8.74. The topological polar surface area (TPSA) is 39.7 Å². The van der Waals surface area contributed by atoms with Gasteiger partial charge in [0, 0.05) is 19.1 Å². The molecule has 0 spiro atoms. The molecule has 0 aromatic rings. The van der Waals surface area contributed by atoms with E-state index in [2.05, 4.69) is 15.6 Å².